The number of hydrogen-bond acceptors (Lipinski definition) is 14. The van der Waals surface area contributed by atoms with Crippen LogP contribution in [0.25, 0.3) is 0 Å². The van der Waals surface area contributed by atoms with Gasteiger partial charge in [0.05, 0.1) is 26.4 Å². The molecule has 0 saturated carbocycles. The first kappa shape index (κ1) is 97.9. The highest BCUT2D eigenvalue weighted by Gasteiger charge is 2.29. The van der Waals surface area contributed by atoms with E-state index in [-0.39, 0.29) is 19.3 Å². The van der Waals surface area contributed by atoms with Gasteiger partial charge in [0.25, 0.3) is 0 Å². The zero-order valence-electron chi connectivity index (χ0n) is 63.9. The van der Waals surface area contributed by atoms with E-state index >= 15 is 0 Å². The first-order valence-electron chi connectivity index (χ1n) is 39.4. The van der Waals surface area contributed by atoms with E-state index < -0.39 is 91.5 Å². The van der Waals surface area contributed by atoms with E-state index in [1.807, 2.05) is 12.2 Å². The molecule has 0 bridgehead atoms. The monoisotopic (exact) mass is 1480 g/mol. The molecule has 0 fully saturated rings. The molecule has 0 aliphatic heterocycles. The third-order valence-electron chi connectivity index (χ3n) is 15.9. The molecule has 0 aromatic rings. The van der Waals surface area contributed by atoms with Gasteiger partial charge in [-0.2, -0.15) is 0 Å². The van der Waals surface area contributed by atoms with Gasteiger partial charge >= 0.3 is 33.6 Å². The molecule has 0 amide bonds. The first-order valence-corrected chi connectivity index (χ1v) is 42.4. The molecule has 0 heterocycles. The maximum Gasteiger partial charge on any atom is 0.472 e. The van der Waals surface area contributed by atoms with Crippen molar-refractivity contribution in [1.82, 2.24) is 0 Å². The van der Waals surface area contributed by atoms with E-state index in [9.17, 15) is 43.5 Å². The van der Waals surface area contributed by atoms with Gasteiger partial charge < -0.3 is 34.2 Å². The van der Waals surface area contributed by atoms with Crippen LogP contribution in [0.5, 0.6) is 0 Å². The second-order valence-corrected chi connectivity index (χ2v) is 28.6. The van der Waals surface area contributed by atoms with E-state index in [4.69, 9.17) is 32.3 Å². The molecule has 0 radical (unpaired) electrons. The maximum atomic E-state index is 12.9. The van der Waals surface area contributed by atoms with Crippen molar-refractivity contribution in [1.29, 1.82) is 0 Å². The van der Waals surface area contributed by atoms with Crippen LogP contribution in [0.2, 0.25) is 0 Å². The number of carbonyl (C=O) groups is 3. The number of phosphoric acid groups is 2. The third-order valence-corrected chi connectivity index (χ3v) is 17.8. The zero-order valence-corrected chi connectivity index (χ0v) is 65.7. The van der Waals surface area contributed by atoms with E-state index in [1.165, 1.54) is 83.5 Å². The first-order chi connectivity index (χ1) is 50.2. The van der Waals surface area contributed by atoms with Crippen molar-refractivity contribution in [3.8, 4) is 0 Å². The van der Waals surface area contributed by atoms with Gasteiger partial charge in [-0.05, 0) is 141 Å². The maximum absolute atomic E-state index is 12.9. The molecule has 586 valence electrons. The molecule has 16 nitrogen and oxygen atoms in total. The van der Waals surface area contributed by atoms with Crippen molar-refractivity contribution in [3.05, 3.63) is 170 Å². The summed E-state index contributed by atoms with van der Waals surface area (Å²) < 4.78 is 61.0. The van der Waals surface area contributed by atoms with Crippen molar-refractivity contribution in [2.75, 3.05) is 39.6 Å². The predicted molar refractivity (Wildman–Crippen MR) is 426 cm³/mol. The highest BCUT2D eigenvalue weighted by molar-refractivity contribution is 7.47. The number of allylic oxidation sites excluding steroid dienone is 28. The van der Waals surface area contributed by atoms with Gasteiger partial charge in [0.2, 0.25) is 0 Å². The fourth-order valence-corrected chi connectivity index (χ4v) is 11.6. The molecule has 0 aromatic carbocycles. The molecule has 103 heavy (non-hydrogen) atoms. The van der Waals surface area contributed by atoms with Gasteiger partial charge in [-0.25, -0.2) is 9.13 Å². The summed E-state index contributed by atoms with van der Waals surface area (Å²) in [6.45, 7) is 2.24. The standard InChI is InChI=1S/C85H140O16P2/c1-4-7-10-13-16-19-22-25-28-30-31-32-33-34-35-36-37-38-39-40-41-42-43-44-45-46-47-49-52-53-56-59-62-65-68-71-83(88)95-74-80(86)75-97-102(91,92)98-76-81(87)77-99-103(93,94)100-79-82(101-85(90)73-70-67-64-61-58-55-50-27-24-21-18-15-12-9-6-3)78-96-84(89)72-69-66-63-60-57-54-51-48-29-26-23-20-17-14-11-8-5-2/h7-12,16-21,25-29,31-32,34-35,37-38,50-51,54,60,63,80-82,86-87H,4-6,13-15,22-24,30,33,36,39-49,52-53,55-59,61-62,64-79H2,1-3H3,(H,91,92)(H,93,94)/b10-7-,11-8-,12-9-,19-16-,20-17-,21-18-,28-25-,29-26-,32-31-,35-34-,38-37-,50-27-,54-51-,63-60-. The van der Waals surface area contributed by atoms with E-state index in [0.717, 1.165) is 141 Å². The van der Waals surface area contributed by atoms with Gasteiger partial charge in [0, 0.05) is 19.3 Å². The third kappa shape index (κ3) is 77.8. The molecule has 0 saturated heterocycles. The Morgan fingerprint density at radius 2 is 0.495 bits per heavy atom. The molecule has 4 N–H and O–H groups in total. The van der Waals surface area contributed by atoms with Gasteiger partial charge in [-0.3, -0.25) is 32.5 Å². The lowest BCUT2D eigenvalue weighted by Crippen LogP contribution is -2.30. The number of carbonyl (C=O) groups excluding carboxylic acids is 3. The summed E-state index contributed by atoms with van der Waals surface area (Å²) in [5.74, 6) is -1.67. The Kier molecular flexibility index (Phi) is 72.8. The lowest BCUT2D eigenvalue weighted by atomic mass is 10.0. The number of rotatable bonds is 73. The number of aliphatic hydroxyl groups excluding tert-OH is 2. The molecule has 18 heteroatoms. The molecular formula is C85H140O16P2. The summed E-state index contributed by atoms with van der Waals surface area (Å²) >= 11 is 0. The molecule has 5 atom stereocenters. The molecule has 0 spiro atoms. The Bertz CT molecular complexity index is 2550. The minimum Gasteiger partial charge on any atom is -0.463 e. The van der Waals surface area contributed by atoms with Gasteiger partial charge in [0.15, 0.2) is 6.10 Å². The van der Waals surface area contributed by atoms with Crippen molar-refractivity contribution in [3.63, 3.8) is 0 Å². The quantitative estimate of drug-likeness (QED) is 0.0146. The fraction of sp³-hybridized carbons (Fsp3) is 0.635. The van der Waals surface area contributed by atoms with Crippen LogP contribution in [0.1, 0.15) is 290 Å². The van der Waals surface area contributed by atoms with Crippen molar-refractivity contribution < 1.29 is 75.8 Å². The second-order valence-electron chi connectivity index (χ2n) is 25.7. The van der Waals surface area contributed by atoms with Crippen molar-refractivity contribution in [2.45, 2.75) is 309 Å². The molecule has 0 aliphatic rings. The van der Waals surface area contributed by atoms with E-state index in [0.29, 0.717) is 25.7 Å². The predicted octanol–water partition coefficient (Wildman–Crippen LogP) is 23.2. The average molecular weight is 1480 g/mol. The molecular weight excluding hydrogens is 1340 g/mol. The van der Waals surface area contributed by atoms with Crippen LogP contribution >= 0.6 is 15.6 Å². The van der Waals surface area contributed by atoms with Gasteiger partial charge in [-0.15, -0.1) is 0 Å². The Labute approximate surface area is 624 Å². The van der Waals surface area contributed by atoms with Crippen molar-refractivity contribution >= 4 is 33.6 Å². The number of unbranched alkanes of at least 4 members (excludes halogenated alkanes) is 22. The largest absolute Gasteiger partial charge is 0.472 e. The zero-order chi connectivity index (χ0) is 75.2. The number of phosphoric ester groups is 2. The fourth-order valence-electron chi connectivity index (χ4n) is 10.0. The summed E-state index contributed by atoms with van der Waals surface area (Å²) in [6, 6.07) is 0. The normalized spacial score (nSPS) is 14.9. The summed E-state index contributed by atoms with van der Waals surface area (Å²) in [4.78, 5) is 58.5. The molecule has 0 rings (SSSR count). The number of ether oxygens (including phenoxy) is 3. The van der Waals surface area contributed by atoms with Crippen LogP contribution in [0.15, 0.2) is 170 Å². The molecule has 0 aliphatic carbocycles. The number of hydrogen-bond donors (Lipinski definition) is 4. The lowest BCUT2D eigenvalue weighted by Gasteiger charge is -2.21. The summed E-state index contributed by atoms with van der Waals surface area (Å²) in [7, 11) is -9.82. The minimum absolute atomic E-state index is 0.0680. The highest BCUT2D eigenvalue weighted by atomic mass is 31.2. The Balaban J connectivity index is 4.44. The van der Waals surface area contributed by atoms with Crippen LogP contribution in [-0.2, 0) is 55.8 Å². The van der Waals surface area contributed by atoms with Crippen LogP contribution in [0.4, 0.5) is 0 Å². The summed E-state index contributed by atoms with van der Waals surface area (Å²) in [5, 5.41) is 20.6. The average Bonchev–Trinajstić information content (AvgIpc) is 0.915. The summed E-state index contributed by atoms with van der Waals surface area (Å²) in [5.41, 5.74) is 0. The molecule has 0 aromatic heterocycles. The smallest absolute Gasteiger partial charge is 0.463 e. The van der Waals surface area contributed by atoms with E-state index in [1.54, 1.807) is 0 Å². The van der Waals surface area contributed by atoms with Crippen LogP contribution in [0, 0.1) is 0 Å². The Morgan fingerprint density at radius 3 is 0.806 bits per heavy atom. The van der Waals surface area contributed by atoms with Crippen LogP contribution in [0.3, 0.4) is 0 Å². The Hall–Kier alpha value is -5.09. The minimum atomic E-state index is -4.95. The molecule has 5 unspecified atom stereocenters. The van der Waals surface area contributed by atoms with Crippen LogP contribution < -0.4 is 0 Å². The van der Waals surface area contributed by atoms with Crippen molar-refractivity contribution in [2.24, 2.45) is 0 Å². The Morgan fingerprint density at radius 1 is 0.272 bits per heavy atom. The number of esters is 3. The topological polar surface area (TPSA) is 231 Å². The second kappa shape index (κ2) is 76.6. The SMILES string of the molecule is CC/C=C\C/C=C\C/C=C\C/C=C\C/C=C\C/C=C\CCCCCCCCCCCCCCCCCCC(=O)OCC(O)COP(=O)(O)OCC(O)COP(=O)(O)OCC(COC(=O)CCC/C=C\C/C=C\C/C=C\C/C=C\C/C=C\CC)OC(=O)CCCCCCC/C=C\C/C=C\C/C=C\CC. The van der Waals surface area contributed by atoms with Crippen LogP contribution in [-0.4, -0.2) is 95.9 Å². The van der Waals surface area contributed by atoms with Gasteiger partial charge in [0.1, 0.15) is 25.4 Å². The highest BCUT2D eigenvalue weighted by Crippen LogP contribution is 2.45. The van der Waals surface area contributed by atoms with E-state index in [2.05, 4.69) is 179 Å². The summed E-state index contributed by atoms with van der Waals surface area (Å²) in [6.07, 6.45) is 97.2. The lowest BCUT2D eigenvalue weighted by molar-refractivity contribution is -0.161. The number of aliphatic hydroxyl groups is 2. The van der Waals surface area contributed by atoms with Gasteiger partial charge in [-0.1, -0.05) is 300 Å².